The number of carbonyl (C=O) groups excluding carboxylic acids is 1. The van der Waals surface area contributed by atoms with Crippen molar-refractivity contribution in [3.8, 4) is 22.3 Å². The van der Waals surface area contributed by atoms with E-state index in [4.69, 9.17) is 4.74 Å². The van der Waals surface area contributed by atoms with Gasteiger partial charge in [0.05, 0.1) is 5.69 Å². The Kier molecular flexibility index (Phi) is 4.76. The van der Waals surface area contributed by atoms with Gasteiger partial charge in [0.2, 0.25) is 5.90 Å². The first-order chi connectivity index (χ1) is 16.3. The second-order valence-corrected chi connectivity index (χ2v) is 8.27. The van der Waals surface area contributed by atoms with Crippen molar-refractivity contribution in [2.24, 2.45) is 4.99 Å². The van der Waals surface area contributed by atoms with Gasteiger partial charge >= 0.3 is 5.97 Å². The molecule has 0 saturated carbocycles. The number of cyclic esters (lactones) is 1. The van der Waals surface area contributed by atoms with E-state index in [1.165, 1.54) is 16.8 Å². The molecule has 0 spiro atoms. The van der Waals surface area contributed by atoms with Crippen LogP contribution in [0.4, 0.5) is 0 Å². The Morgan fingerprint density at radius 3 is 1.97 bits per heavy atom. The molecular formula is C29H22N2O2. The number of aliphatic imine (C=N–C) groups is 1. The molecule has 3 aromatic carbocycles. The van der Waals surface area contributed by atoms with Crippen molar-refractivity contribution >= 4 is 17.9 Å². The topological polar surface area (TPSA) is 43.6 Å². The molecule has 4 nitrogen and oxygen atoms in total. The number of nitrogens with zero attached hydrogens (tertiary/aromatic N) is 2. The number of hydrogen-bond acceptors (Lipinski definition) is 3. The molecule has 0 fully saturated rings. The van der Waals surface area contributed by atoms with Crippen LogP contribution in [0.1, 0.15) is 23.4 Å². The molecule has 0 N–H and O–H groups in total. The van der Waals surface area contributed by atoms with Gasteiger partial charge in [-0.05, 0) is 42.2 Å². The summed E-state index contributed by atoms with van der Waals surface area (Å²) in [5, 5.41) is 0. The second-order valence-electron chi connectivity index (χ2n) is 8.27. The van der Waals surface area contributed by atoms with Crippen LogP contribution in [0.2, 0.25) is 0 Å². The maximum Gasteiger partial charge on any atom is 0.363 e. The van der Waals surface area contributed by atoms with E-state index >= 15 is 0 Å². The zero-order valence-electron chi connectivity index (χ0n) is 18.1. The van der Waals surface area contributed by atoms with Crippen molar-refractivity contribution < 1.29 is 9.53 Å². The first-order valence-corrected chi connectivity index (χ1v) is 11.2. The highest BCUT2D eigenvalue weighted by Gasteiger charge is 2.29. The molecule has 0 aliphatic carbocycles. The van der Waals surface area contributed by atoms with Gasteiger partial charge in [-0.1, -0.05) is 78.9 Å². The largest absolute Gasteiger partial charge is 0.402 e. The third-order valence-corrected chi connectivity index (χ3v) is 6.25. The Hall–Kier alpha value is -4.18. The molecule has 3 heterocycles. The van der Waals surface area contributed by atoms with Crippen molar-refractivity contribution in [3.05, 3.63) is 114 Å². The molecule has 0 bridgehead atoms. The molecule has 0 atom stereocenters. The minimum atomic E-state index is -0.414. The standard InChI is InChI=1S/C29H22N2O2/c32-29-23(30-28(33-29)22-15-8-3-9-16-22)19-25-27(21-13-6-2-7-14-21)26(20-11-4-1-5-12-20)24-17-10-18-31(24)25/h1-9,11-16,19H,10,17-18H2/b23-19+. The number of rotatable bonds is 4. The Balaban J connectivity index is 1.57. The monoisotopic (exact) mass is 430 g/mol. The lowest BCUT2D eigenvalue weighted by Gasteiger charge is -2.09. The second kappa shape index (κ2) is 8.06. The summed E-state index contributed by atoms with van der Waals surface area (Å²) in [5.41, 5.74) is 8.15. The summed E-state index contributed by atoms with van der Waals surface area (Å²) in [5.74, 6) is -0.0627. The van der Waals surface area contributed by atoms with Crippen LogP contribution in [0.25, 0.3) is 28.3 Å². The van der Waals surface area contributed by atoms with E-state index in [0.717, 1.165) is 41.8 Å². The third kappa shape index (κ3) is 3.40. The Labute approximate surface area is 192 Å². The number of benzene rings is 3. The molecule has 0 amide bonds. The van der Waals surface area contributed by atoms with E-state index in [0.29, 0.717) is 11.6 Å². The van der Waals surface area contributed by atoms with E-state index in [1.807, 2.05) is 48.5 Å². The van der Waals surface area contributed by atoms with Crippen LogP contribution in [-0.2, 0) is 22.5 Å². The van der Waals surface area contributed by atoms with Crippen molar-refractivity contribution in [3.63, 3.8) is 0 Å². The lowest BCUT2D eigenvalue weighted by Crippen LogP contribution is -2.05. The van der Waals surface area contributed by atoms with Crippen molar-refractivity contribution in [1.82, 2.24) is 4.57 Å². The van der Waals surface area contributed by atoms with Crippen LogP contribution >= 0.6 is 0 Å². The highest BCUT2D eigenvalue weighted by atomic mass is 16.6. The predicted molar refractivity (Wildman–Crippen MR) is 131 cm³/mol. The van der Waals surface area contributed by atoms with Gasteiger partial charge in [-0.3, -0.25) is 0 Å². The van der Waals surface area contributed by atoms with Crippen molar-refractivity contribution in [2.45, 2.75) is 19.4 Å². The number of ether oxygens (including phenoxy) is 1. The van der Waals surface area contributed by atoms with Gasteiger partial charge < -0.3 is 9.30 Å². The molecule has 33 heavy (non-hydrogen) atoms. The smallest absolute Gasteiger partial charge is 0.363 e. The quantitative estimate of drug-likeness (QED) is 0.289. The van der Waals surface area contributed by atoms with Gasteiger partial charge in [0.1, 0.15) is 0 Å². The van der Waals surface area contributed by atoms with Crippen LogP contribution < -0.4 is 0 Å². The fourth-order valence-corrected chi connectivity index (χ4v) is 4.81. The molecule has 2 aliphatic rings. The first-order valence-electron chi connectivity index (χ1n) is 11.2. The zero-order chi connectivity index (χ0) is 22.2. The normalized spacial score (nSPS) is 16.1. The van der Waals surface area contributed by atoms with Gasteiger partial charge in [0, 0.05) is 28.9 Å². The van der Waals surface area contributed by atoms with Crippen LogP contribution in [0.3, 0.4) is 0 Å². The summed E-state index contributed by atoms with van der Waals surface area (Å²) in [7, 11) is 0. The predicted octanol–water partition coefficient (Wildman–Crippen LogP) is 6.11. The summed E-state index contributed by atoms with van der Waals surface area (Å²) in [6.45, 7) is 0.922. The molecule has 1 aromatic heterocycles. The Morgan fingerprint density at radius 2 is 1.33 bits per heavy atom. The number of aromatic nitrogens is 1. The fourth-order valence-electron chi connectivity index (χ4n) is 4.81. The van der Waals surface area contributed by atoms with E-state index in [9.17, 15) is 4.79 Å². The summed E-state index contributed by atoms with van der Waals surface area (Å²) in [6, 6.07) is 30.4. The van der Waals surface area contributed by atoms with E-state index < -0.39 is 5.97 Å². The molecule has 6 rings (SSSR count). The Bertz CT molecular complexity index is 1400. The molecule has 4 heteroatoms. The fraction of sp³-hybridized carbons (Fsp3) is 0.103. The molecule has 2 aliphatic heterocycles. The van der Waals surface area contributed by atoms with Gasteiger partial charge in [0.25, 0.3) is 0 Å². The number of carbonyl (C=O) groups is 1. The van der Waals surface area contributed by atoms with E-state index in [-0.39, 0.29) is 0 Å². The molecule has 0 saturated heterocycles. The van der Waals surface area contributed by atoms with Crippen molar-refractivity contribution in [2.75, 3.05) is 0 Å². The minimum absolute atomic E-state index is 0.331. The summed E-state index contributed by atoms with van der Waals surface area (Å²) in [6.07, 6.45) is 4.00. The number of hydrogen-bond donors (Lipinski definition) is 0. The number of fused-ring (bicyclic) bond motifs is 1. The van der Waals surface area contributed by atoms with Gasteiger partial charge in [-0.2, -0.15) is 0 Å². The van der Waals surface area contributed by atoms with Crippen LogP contribution in [0, 0.1) is 0 Å². The average Bonchev–Trinajstić information content (AvgIpc) is 3.56. The summed E-state index contributed by atoms with van der Waals surface area (Å²) < 4.78 is 7.87. The third-order valence-electron chi connectivity index (χ3n) is 6.25. The number of esters is 1. The zero-order valence-corrected chi connectivity index (χ0v) is 18.1. The minimum Gasteiger partial charge on any atom is -0.402 e. The molecule has 160 valence electrons. The lowest BCUT2D eigenvalue weighted by atomic mass is 9.93. The van der Waals surface area contributed by atoms with Gasteiger partial charge in [-0.25, -0.2) is 9.79 Å². The van der Waals surface area contributed by atoms with E-state index in [2.05, 4.69) is 58.1 Å². The molecule has 0 unspecified atom stereocenters. The van der Waals surface area contributed by atoms with Crippen LogP contribution in [0.5, 0.6) is 0 Å². The average molecular weight is 431 g/mol. The van der Waals surface area contributed by atoms with Crippen LogP contribution in [-0.4, -0.2) is 16.4 Å². The van der Waals surface area contributed by atoms with Crippen LogP contribution in [0.15, 0.2) is 102 Å². The van der Waals surface area contributed by atoms with E-state index in [1.54, 1.807) is 0 Å². The summed E-state index contributed by atoms with van der Waals surface area (Å²) >= 11 is 0. The van der Waals surface area contributed by atoms with Gasteiger partial charge in [-0.15, -0.1) is 0 Å². The highest BCUT2D eigenvalue weighted by Crippen LogP contribution is 2.43. The maximum absolute atomic E-state index is 12.8. The summed E-state index contributed by atoms with van der Waals surface area (Å²) in [4.78, 5) is 17.3. The van der Waals surface area contributed by atoms with Crippen molar-refractivity contribution in [1.29, 1.82) is 0 Å². The molecular weight excluding hydrogens is 408 g/mol. The highest BCUT2D eigenvalue weighted by molar-refractivity contribution is 6.13. The molecule has 4 aromatic rings. The Morgan fingerprint density at radius 1 is 0.758 bits per heavy atom. The molecule has 0 radical (unpaired) electrons. The SMILES string of the molecule is O=C1OC(c2ccccc2)=N/C1=C/c1c(-c2ccccc2)c(-c2ccccc2)c2n1CCC2. The maximum atomic E-state index is 12.8. The first kappa shape index (κ1) is 19.5. The lowest BCUT2D eigenvalue weighted by molar-refractivity contribution is -0.129. The van der Waals surface area contributed by atoms with Gasteiger partial charge in [0.15, 0.2) is 5.70 Å².